The first-order valence-electron chi connectivity index (χ1n) is 12.1. The highest BCUT2D eigenvalue weighted by Crippen LogP contribution is 2.46. The first-order valence-corrected chi connectivity index (χ1v) is 12.1. The molecule has 6 rings (SSSR count). The van der Waals surface area contributed by atoms with Crippen LogP contribution >= 0.6 is 0 Å². The minimum atomic E-state index is -0.251. The second-order valence-corrected chi connectivity index (χ2v) is 9.71. The second kappa shape index (κ2) is 8.35. The number of nitrogens with zero attached hydrogens (tertiary/aromatic N) is 4. The van der Waals surface area contributed by atoms with Crippen LogP contribution in [0.3, 0.4) is 0 Å². The lowest BCUT2D eigenvalue weighted by Gasteiger charge is -2.27. The molecule has 2 aliphatic rings. The minimum Gasteiger partial charge on any atom is -0.339 e. The van der Waals surface area contributed by atoms with E-state index in [4.69, 9.17) is 0 Å². The third kappa shape index (κ3) is 4.08. The van der Waals surface area contributed by atoms with Crippen molar-refractivity contribution < 1.29 is 4.39 Å². The van der Waals surface area contributed by atoms with Gasteiger partial charge in [-0.2, -0.15) is 5.26 Å². The molecule has 0 bridgehead atoms. The normalized spacial score (nSPS) is 15.2. The van der Waals surface area contributed by atoms with E-state index in [0.29, 0.717) is 28.6 Å². The molecule has 2 heterocycles. The molecule has 2 aliphatic carbocycles. The molecule has 5 nitrogen and oxygen atoms in total. The molecule has 35 heavy (non-hydrogen) atoms. The van der Waals surface area contributed by atoms with Crippen molar-refractivity contribution in [3.8, 4) is 17.2 Å². The minimum absolute atomic E-state index is 0.117. The summed E-state index contributed by atoms with van der Waals surface area (Å²) in [7, 11) is 1.73. The van der Waals surface area contributed by atoms with Crippen LogP contribution in [-0.4, -0.2) is 16.1 Å². The van der Waals surface area contributed by atoms with Gasteiger partial charge in [0.1, 0.15) is 23.1 Å². The van der Waals surface area contributed by atoms with Crippen molar-refractivity contribution in [1.82, 2.24) is 9.55 Å². The second-order valence-electron chi connectivity index (χ2n) is 9.71. The Bertz CT molecular complexity index is 1540. The zero-order chi connectivity index (χ0) is 24.1. The maximum absolute atomic E-state index is 13.7. The summed E-state index contributed by atoms with van der Waals surface area (Å²) in [6.07, 6.45) is 4.64. The number of aryl methyl sites for hydroxylation is 1. The van der Waals surface area contributed by atoms with Crippen molar-refractivity contribution >= 4 is 22.4 Å². The van der Waals surface area contributed by atoms with Gasteiger partial charge in [-0.1, -0.05) is 18.2 Å². The van der Waals surface area contributed by atoms with Crippen LogP contribution in [-0.2, 0) is 7.05 Å². The molecule has 0 N–H and O–H groups in total. The third-order valence-corrected chi connectivity index (χ3v) is 7.13. The van der Waals surface area contributed by atoms with E-state index in [2.05, 4.69) is 34.2 Å². The Morgan fingerprint density at radius 1 is 1.06 bits per heavy atom. The predicted octanol–water partition coefficient (Wildman–Crippen LogP) is 6.04. The van der Waals surface area contributed by atoms with Crippen molar-refractivity contribution in [3.63, 3.8) is 0 Å². The summed E-state index contributed by atoms with van der Waals surface area (Å²) in [4.78, 5) is 19.7. The van der Waals surface area contributed by atoms with E-state index in [0.717, 1.165) is 41.9 Å². The van der Waals surface area contributed by atoms with Crippen LogP contribution in [0.2, 0.25) is 0 Å². The van der Waals surface area contributed by atoms with Crippen molar-refractivity contribution in [2.24, 2.45) is 13.0 Å². The molecule has 2 saturated carbocycles. The Morgan fingerprint density at radius 2 is 1.83 bits per heavy atom. The van der Waals surface area contributed by atoms with Gasteiger partial charge in [-0.25, -0.2) is 9.37 Å². The van der Waals surface area contributed by atoms with Crippen LogP contribution in [0.25, 0.3) is 22.2 Å². The fraction of sp³-hybridized carbons (Fsp3) is 0.276. The highest BCUT2D eigenvalue weighted by molar-refractivity contribution is 5.91. The van der Waals surface area contributed by atoms with Crippen LogP contribution in [0.1, 0.15) is 42.9 Å². The van der Waals surface area contributed by atoms with Crippen molar-refractivity contribution in [3.05, 3.63) is 88.1 Å². The number of fused-ring (bicyclic) bond motifs is 1. The Balaban J connectivity index is 1.55. The first-order chi connectivity index (χ1) is 17.0. The zero-order valence-corrected chi connectivity index (χ0v) is 19.5. The molecule has 0 aliphatic heterocycles. The molecular formula is C29H25FN4O. The average Bonchev–Trinajstić information content (AvgIpc) is 3.80. The quantitative estimate of drug-likeness (QED) is 0.349. The molecule has 4 aromatic rings. The van der Waals surface area contributed by atoms with Crippen LogP contribution in [0.15, 0.2) is 65.5 Å². The summed E-state index contributed by atoms with van der Waals surface area (Å²) in [6.45, 7) is 0.770. The van der Waals surface area contributed by atoms with Gasteiger partial charge in [0.05, 0.1) is 11.2 Å². The zero-order valence-electron chi connectivity index (χ0n) is 19.5. The number of hydrogen-bond acceptors (Lipinski definition) is 4. The van der Waals surface area contributed by atoms with Gasteiger partial charge < -0.3 is 9.47 Å². The molecule has 0 spiro atoms. The number of nitriles is 1. The van der Waals surface area contributed by atoms with Gasteiger partial charge in [-0.15, -0.1) is 0 Å². The maximum atomic E-state index is 13.7. The van der Waals surface area contributed by atoms with Crippen molar-refractivity contribution in [2.45, 2.75) is 31.6 Å². The van der Waals surface area contributed by atoms with E-state index in [-0.39, 0.29) is 11.4 Å². The molecular weight excluding hydrogens is 439 g/mol. The molecule has 2 fully saturated rings. The van der Waals surface area contributed by atoms with E-state index in [1.165, 1.54) is 30.5 Å². The summed E-state index contributed by atoms with van der Waals surface area (Å²) in [5, 5.41) is 9.47. The largest absolute Gasteiger partial charge is 0.339 e. The lowest BCUT2D eigenvalue weighted by Crippen LogP contribution is -2.25. The van der Waals surface area contributed by atoms with E-state index in [1.807, 2.05) is 12.1 Å². The molecule has 6 heteroatoms. The Hall–Kier alpha value is -3.98. The van der Waals surface area contributed by atoms with E-state index in [9.17, 15) is 14.4 Å². The van der Waals surface area contributed by atoms with E-state index >= 15 is 0 Å². The van der Waals surface area contributed by atoms with E-state index in [1.54, 1.807) is 29.8 Å². The fourth-order valence-electron chi connectivity index (χ4n) is 4.82. The number of pyridine rings is 2. The third-order valence-electron chi connectivity index (χ3n) is 7.13. The number of anilines is 2. The van der Waals surface area contributed by atoms with Crippen LogP contribution in [0.5, 0.6) is 0 Å². The predicted molar refractivity (Wildman–Crippen MR) is 135 cm³/mol. The van der Waals surface area contributed by atoms with Crippen LogP contribution in [0, 0.1) is 23.1 Å². The Morgan fingerprint density at radius 3 is 2.51 bits per heavy atom. The maximum Gasteiger partial charge on any atom is 0.252 e. The summed E-state index contributed by atoms with van der Waals surface area (Å²) in [6, 6.07) is 20.3. The topological polar surface area (TPSA) is 61.9 Å². The molecule has 174 valence electrons. The lowest BCUT2D eigenvalue weighted by atomic mass is 9.95. The Labute approximate surface area is 203 Å². The molecule has 0 unspecified atom stereocenters. The smallest absolute Gasteiger partial charge is 0.252 e. The number of benzene rings is 2. The van der Waals surface area contributed by atoms with Crippen molar-refractivity contribution in [2.75, 3.05) is 11.4 Å². The number of rotatable bonds is 6. The standard InChI is InChI=1S/C29H25FN4O/c1-33-26-13-10-22(16-31)32-29(26)27(15-28(33)35)34(17-18-2-3-18)23-11-12-24(19-4-5-19)25(14-23)20-6-8-21(30)9-7-20/h6-15,18-19H,2-5,17H2,1H3. The van der Waals surface area contributed by atoms with E-state index < -0.39 is 0 Å². The summed E-state index contributed by atoms with van der Waals surface area (Å²) in [5.74, 6) is 0.829. The molecule has 2 aromatic carbocycles. The molecule has 2 aromatic heterocycles. The van der Waals surface area contributed by atoms with Gasteiger partial charge in [0.2, 0.25) is 0 Å². The number of aromatic nitrogens is 2. The van der Waals surface area contributed by atoms with Gasteiger partial charge in [0.15, 0.2) is 0 Å². The highest BCUT2D eigenvalue weighted by Gasteiger charge is 2.30. The fourth-order valence-corrected chi connectivity index (χ4v) is 4.82. The SMILES string of the molecule is Cn1c(=O)cc(N(CC2CC2)c2ccc(C3CC3)c(-c3ccc(F)cc3)c2)c2nc(C#N)ccc21. The molecule has 0 atom stereocenters. The number of halogens is 1. The summed E-state index contributed by atoms with van der Waals surface area (Å²) < 4.78 is 15.2. The average molecular weight is 465 g/mol. The summed E-state index contributed by atoms with van der Waals surface area (Å²) >= 11 is 0. The molecule has 0 radical (unpaired) electrons. The molecule has 0 amide bonds. The first kappa shape index (κ1) is 21.5. The lowest BCUT2D eigenvalue weighted by molar-refractivity contribution is 0.628. The van der Waals surface area contributed by atoms with Crippen LogP contribution in [0.4, 0.5) is 15.8 Å². The van der Waals surface area contributed by atoms with Gasteiger partial charge >= 0.3 is 0 Å². The Kier molecular flexibility index (Phi) is 5.14. The van der Waals surface area contributed by atoms with Gasteiger partial charge in [-0.05, 0) is 90.6 Å². The van der Waals surface area contributed by atoms with Gasteiger partial charge in [0, 0.05) is 25.3 Å². The van der Waals surface area contributed by atoms with Gasteiger partial charge in [0.25, 0.3) is 5.56 Å². The summed E-state index contributed by atoms with van der Waals surface area (Å²) in [5.41, 5.74) is 6.60. The van der Waals surface area contributed by atoms with Gasteiger partial charge in [-0.3, -0.25) is 4.79 Å². The molecule has 0 saturated heterocycles. The van der Waals surface area contributed by atoms with Crippen molar-refractivity contribution in [1.29, 1.82) is 5.26 Å². The number of hydrogen-bond donors (Lipinski definition) is 0. The highest BCUT2D eigenvalue weighted by atomic mass is 19.1. The monoisotopic (exact) mass is 464 g/mol. The van der Waals surface area contributed by atoms with Crippen LogP contribution < -0.4 is 10.5 Å².